The van der Waals surface area contributed by atoms with Crippen molar-refractivity contribution in [2.24, 2.45) is 0 Å². The summed E-state index contributed by atoms with van der Waals surface area (Å²) in [6.45, 7) is 2.84. The Bertz CT molecular complexity index is 942. The first-order chi connectivity index (χ1) is 12.7. The standard InChI is InChI=1S/C19H18F2N4O/c1-26-18-5-3-14(11-16(18)21)24-6-8-25(9-7-24)19-15-10-13(20)2-4-17(15)22-12-23-19/h2-5,10-12H,6-9H2,1H3. The van der Waals surface area contributed by atoms with Gasteiger partial charge in [-0.1, -0.05) is 0 Å². The van der Waals surface area contributed by atoms with Crippen LogP contribution < -0.4 is 14.5 Å². The van der Waals surface area contributed by atoms with Gasteiger partial charge >= 0.3 is 0 Å². The van der Waals surface area contributed by atoms with Crippen LogP contribution in [0.15, 0.2) is 42.7 Å². The van der Waals surface area contributed by atoms with Crippen molar-refractivity contribution >= 4 is 22.4 Å². The zero-order valence-electron chi connectivity index (χ0n) is 14.3. The molecule has 0 spiro atoms. The number of hydrogen-bond donors (Lipinski definition) is 0. The summed E-state index contributed by atoms with van der Waals surface area (Å²) in [6, 6.07) is 9.51. The van der Waals surface area contributed by atoms with Crippen molar-refractivity contribution in [1.29, 1.82) is 0 Å². The molecule has 3 aromatic rings. The van der Waals surface area contributed by atoms with E-state index in [0.717, 1.165) is 17.0 Å². The average molecular weight is 356 g/mol. The molecule has 0 bridgehead atoms. The predicted octanol–water partition coefficient (Wildman–Crippen LogP) is 3.24. The molecule has 0 unspecified atom stereocenters. The fourth-order valence-electron chi connectivity index (χ4n) is 3.30. The lowest BCUT2D eigenvalue weighted by Gasteiger charge is -2.37. The van der Waals surface area contributed by atoms with Crippen molar-refractivity contribution in [2.75, 3.05) is 43.1 Å². The van der Waals surface area contributed by atoms with E-state index in [-0.39, 0.29) is 17.4 Å². The summed E-state index contributed by atoms with van der Waals surface area (Å²) in [5, 5.41) is 0.705. The molecule has 7 heteroatoms. The quantitative estimate of drug-likeness (QED) is 0.721. The van der Waals surface area contributed by atoms with E-state index >= 15 is 0 Å². The van der Waals surface area contributed by atoms with Gasteiger partial charge in [0.25, 0.3) is 0 Å². The van der Waals surface area contributed by atoms with Crippen molar-refractivity contribution in [1.82, 2.24) is 9.97 Å². The minimum Gasteiger partial charge on any atom is -0.494 e. The smallest absolute Gasteiger partial charge is 0.167 e. The highest BCUT2D eigenvalue weighted by Gasteiger charge is 2.21. The summed E-state index contributed by atoms with van der Waals surface area (Å²) in [4.78, 5) is 12.8. The Morgan fingerprint density at radius 2 is 1.69 bits per heavy atom. The molecule has 0 N–H and O–H groups in total. The van der Waals surface area contributed by atoms with Gasteiger partial charge in [-0.15, -0.1) is 0 Å². The molecule has 26 heavy (non-hydrogen) atoms. The van der Waals surface area contributed by atoms with Crippen molar-refractivity contribution in [3.8, 4) is 5.75 Å². The fraction of sp³-hybridized carbons (Fsp3) is 0.263. The lowest BCUT2D eigenvalue weighted by Crippen LogP contribution is -2.47. The summed E-state index contributed by atoms with van der Waals surface area (Å²) < 4.78 is 32.5. The van der Waals surface area contributed by atoms with Crippen LogP contribution in [0.2, 0.25) is 0 Å². The Hall–Kier alpha value is -2.96. The second kappa shape index (κ2) is 6.74. The lowest BCUT2D eigenvalue weighted by atomic mass is 10.2. The maximum atomic E-state index is 13.9. The molecule has 1 aromatic heterocycles. The van der Waals surface area contributed by atoms with Crippen LogP contribution in [0.3, 0.4) is 0 Å². The first-order valence-corrected chi connectivity index (χ1v) is 8.39. The topological polar surface area (TPSA) is 41.5 Å². The van der Waals surface area contributed by atoms with Gasteiger partial charge in [0, 0.05) is 43.3 Å². The SMILES string of the molecule is COc1ccc(N2CCN(c3ncnc4ccc(F)cc34)CC2)cc1F. The molecule has 0 saturated carbocycles. The highest BCUT2D eigenvalue weighted by atomic mass is 19.1. The van der Waals surface area contributed by atoms with Crippen LogP contribution in [0.4, 0.5) is 20.3 Å². The molecule has 0 atom stereocenters. The number of ether oxygens (including phenoxy) is 1. The van der Waals surface area contributed by atoms with Crippen molar-refractivity contribution in [3.05, 3.63) is 54.4 Å². The number of piperazine rings is 1. The van der Waals surface area contributed by atoms with Gasteiger partial charge in [-0.2, -0.15) is 0 Å². The molecular formula is C19H18F2N4O. The Labute approximate surface area is 149 Å². The van der Waals surface area contributed by atoms with Crippen LogP contribution >= 0.6 is 0 Å². The van der Waals surface area contributed by atoms with E-state index in [2.05, 4.69) is 19.8 Å². The lowest BCUT2D eigenvalue weighted by molar-refractivity contribution is 0.386. The van der Waals surface area contributed by atoms with Crippen LogP contribution in [-0.2, 0) is 0 Å². The van der Waals surface area contributed by atoms with Gasteiger partial charge in [-0.25, -0.2) is 18.7 Å². The predicted molar refractivity (Wildman–Crippen MR) is 96.9 cm³/mol. The number of benzene rings is 2. The summed E-state index contributed by atoms with van der Waals surface area (Å²) >= 11 is 0. The third-order valence-corrected chi connectivity index (χ3v) is 4.66. The second-order valence-corrected chi connectivity index (χ2v) is 6.15. The highest BCUT2D eigenvalue weighted by Crippen LogP contribution is 2.27. The molecule has 5 nitrogen and oxygen atoms in total. The number of nitrogens with zero attached hydrogens (tertiary/aromatic N) is 4. The Kier molecular flexibility index (Phi) is 4.28. The van der Waals surface area contributed by atoms with E-state index in [4.69, 9.17) is 4.74 Å². The molecule has 1 saturated heterocycles. The zero-order chi connectivity index (χ0) is 18.1. The van der Waals surface area contributed by atoms with E-state index in [1.807, 2.05) is 6.07 Å². The van der Waals surface area contributed by atoms with Gasteiger partial charge in [0.2, 0.25) is 0 Å². The van der Waals surface area contributed by atoms with Crippen LogP contribution in [-0.4, -0.2) is 43.3 Å². The van der Waals surface area contributed by atoms with Gasteiger partial charge in [0.15, 0.2) is 11.6 Å². The summed E-state index contributed by atoms with van der Waals surface area (Å²) in [5.74, 6) is 0.294. The maximum Gasteiger partial charge on any atom is 0.167 e. The Morgan fingerprint density at radius 3 is 2.42 bits per heavy atom. The average Bonchev–Trinajstić information content (AvgIpc) is 2.67. The molecule has 4 rings (SSSR count). The third kappa shape index (κ3) is 3.00. The number of anilines is 2. The first-order valence-electron chi connectivity index (χ1n) is 8.39. The minimum atomic E-state index is -0.371. The van der Waals surface area contributed by atoms with Gasteiger partial charge < -0.3 is 14.5 Å². The number of hydrogen-bond acceptors (Lipinski definition) is 5. The van der Waals surface area contributed by atoms with Crippen LogP contribution in [0, 0.1) is 11.6 Å². The van der Waals surface area contributed by atoms with Crippen LogP contribution in [0.25, 0.3) is 10.9 Å². The van der Waals surface area contributed by atoms with Gasteiger partial charge in [0.1, 0.15) is 18.0 Å². The van der Waals surface area contributed by atoms with Crippen molar-refractivity contribution < 1.29 is 13.5 Å². The van der Waals surface area contributed by atoms with E-state index in [9.17, 15) is 8.78 Å². The molecule has 0 radical (unpaired) electrons. The van der Waals surface area contributed by atoms with E-state index in [1.165, 1.54) is 31.6 Å². The fourth-order valence-corrected chi connectivity index (χ4v) is 3.30. The van der Waals surface area contributed by atoms with Gasteiger partial charge in [-0.05, 0) is 30.3 Å². The van der Waals surface area contributed by atoms with Gasteiger partial charge in [-0.3, -0.25) is 0 Å². The Balaban J connectivity index is 1.54. The largest absolute Gasteiger partial charge is 0.494 e. The number of halogens is 2. The third-order valence-electron chi connectivity index (χ3n) is 4.66. The van der Waals surface area contributed by atoms with E-state index in [0.29, 0.717) is 31.6 Å². The Morgan fingerprint density at radius 1 is 0.923 bits per heavy atom. The van der Waals surface area contributed by atoms with Crippen LogP contribution in [0.1, 0.15) is 0 Å². The molecule has 1 aliphatic rings. The number of fused-ring (bicyclic) bond motifs is 1. The molecule has 2 heterocycles. The number of methoxy groups -OCH3 is 1. The first kappa shape index (κ1) is 16.5. The normalized spacial score (nSPS) is 14.7. The van der Waals surface area contributed by atoms with Gasteiger partial charge in [0.05, 0.1) is 12.6 Å². The zero-order valence-corrected chi connectivity index (χ0v) is 14.3. The summed E-state index contributed by atoms with van der Waals surface area (Å²) in [5.41, 5.74) is 1.54. The van der Waals surface area contributed by atoms with Crippen molar-refractivity contribution in [2.45, 2.75) is 0 Å². The molecule has 1 fully saturated rings. The highest BCUT2D eigenvalue weighted by molar-refractivity contribution is 5.89. The molecule has 0 amide bonds. The van der Waals surface area contributed by atoms with Crippen molar-refractivity contribution in [3.63, 3.8) is 0 Å². The van der Waals surface area contributed by atoms with E-state index < -0.39 is 0 Å². The number of rotatable bonds is 3. The maximum absolute atomic E-state index is 13.9. The molecule has 134 valence electrons. The number of aromatic nitrogens is 2. The summed E-state index contributed by atoms with van der Waals surface area (Å²) in [6.07, 6.45) is 1.50. The minimum absolute atomic E-state index is 0.238. The van der Waals surface area contributed by atoms with E-state index in [1.54, 1.807) is 12.1 Å². The van der Waals surface area contributed by atoms with Crippen LogP contribution in [0.5, 0.6) is 5.75 Å². The molecular weight excluding hydrogens is 338 g/mol. The summed E-state index contributed by atoms with van der Waals surface area (Å²) in [7, 11) is 1.45. The second-order valence-electron chi connectivity index (χ2n) is 6.15. The molecule has 2 aromatic carbocycles. The molecule has 0 aliphatic carbocycles. The monoisotopic (exact) mass is 356 g/mol. The molecule has 1 aliphatic heterocycles.